The van der Waals surface area contributed by atoms with Crippen LogP contribution in [-0.2, 0) is 4.79 Å². The first-order valence-electron chi connectivity index (χ1n) is 7.01. The van der Waals surface area contributed by atoms with E-state index in [0.29, 0.717) is 6.04 Å². The lowest BCUT2D eigenvalue weighted by molar-refractivity contribution is -0.140. The molecule has 4 nitrogen and oxygen atoms in total. The van der Waals surface area contributed by atoms with Crippen molar-refractivity contribution in [3.63, 3.8) is 0 Å². The maximum Gasteiger partial charge on any atom is 0.227 e. The van der Waals surface area contributed by atoms with E-state index in [9.17, 15) is 9.90 Å². The van der Waals surface area contributed by atoms with E-state index in [2.05, 4.69) is 5.32 Å². The molecular formula is C14H28N2O2. The molecule has 2 N–H and O–H groups in total. The molecule has 1 saturated heterocycles. The van der Waals surface area contributed by atoms with Crippen LogP contribution in [0.1, 0.15) is 47.0 Å². The van der Waals surface area contributed by atoms with Gasteiger partial charge < -0.3 is 15.3 Å². The molecule has 1 atom stereocenters. The quantitative estimate of drug-likeness (QED) is 0.799. The summed E-state index contributed by atoms with van der Waals surface area (Å²) in [6.45, 7) is 10.3. The van der Waals surface area contributed by atoms with Crippen molar-refractivity contribution >= 4 is 5.91 Å². The lowest BCUT2D eigenvalue weighted by Crippen LogP contribution is -2.48. The molecule has 1 aliphatic rings. The van der Waals surface area contributed by atoms with Gasteiger partial charge in [0.25, 0.3) is 0 Å². The summed E-state index contributed by atoms with van der Waals surface area (Å²) < 4.78 is 0. The van der Waals surface area contributed by atoms with Gasteiger partial charge in [0.05, 0.1) is 6.10 Å². The second-order valence-corrected chi connectivity index (χ2v) is 6.41. The van der Waals surface area contributed by atoms with Crippen molar-refractivity contribution < 1.29 is 9.90 Å². The number of aliphatic hydroxyl groups is 1. The minimum atomic E-state index is -0.271. The fourth-order valence-corrected chi connectivity index (χ4v) is 2.26. The van der Waals surface area contributed by atoms with Crippen LogP contribution >= 0.6 is 0 Å². The van der Waals surface area contributed by atoms with Gasteiger partial charge in [-0.3, -0.25) is 4.79 Å². The van der Waals surface area contributed by atoms with Gasteiger partial charge in [0, 0.05) is 24.5 Å². The van der Waals surface area contributed by atoms with E-state index in [1.54, 1.807) is 0 Å². The van der Waals surface area contributed by atoms with Crippen LogP contribution in [0.15, 0.2) is 0 Å². The summed E-state index contributed by atoms with van der Waals surface area (Å²) in [5.74, 6) is 0.255. The summed E-state index contributed by atoms with van der Waals surface area (Å²) in [5, 5.41) is 12.6. The third kappa shape index (κ3) is 4.94. The molecule has 0 aromatic heterocycles. The number of piperidine rings is 1. The highest BCUT2D eigenvalue weighted by molar-refractivity contribution is 5.81. The SMILES string of the molecule is CC(O)CCNC1CCN(C(=O)C(C)(C)C)CC1. The molecule has 4 heteroatoms. The number of hydrogen-bond acceptors (Lipinski definition) is 3. The molecule has 0 spiro atoms. The second kappa shape index (κ2) is 6.53. The largest absolute Gasteiger partial charge is 0.393 e. The standard InChI is InChI=1S/C14H28N2O2/c1-11(17)5-8-15-12-6-9-16(10-7-12)13(18)14(2,3)4/h11-12,15,17H,5-10H2,1-4H3. The zero-order chi connectivity index (χ0) is 13.8. The summed E-state index contributed by atoms with van der Waals surface area (Å²) in [6.07, 6.45) is 2.59. The van der Waals surface area contributed by atoms with Crippen molar-refractivity contribution in [3.8, 4) is 0 Å². The molecule has 1 heterocycles. The molecule has 1 rings (SSSR count). The van der Waals surface area contributed by atoms with E-state index in [1.165, 1.54) is 0 Å². The first-order chi connectivity index (χ1) is 8.30. The van der Waals surface area contributed by atoms with Gasteiger partial charge >= 0.3 is 0 Å². The molecule has 1 unspecified atom stereocenters. The Kier molecular flexibility index (Phi) is 5.60. The van der Waals surface area contributed by atoms with Crippen molar-refractivity contribution in [2.45, 2.75) is 59.1 Å². The Morgan fingerprint density at radius 1 is 1.39 bits per heavy atom. The molecular weight excluding hydrogens is 228 g/mol. The third-order valence-corrected chi connectivity index (χ3v) is 3.42. The number of carbonyl (C=O) groups is 1. The Morgan fingerprint density at radius 2 is 1.94 bits per heavy atom. The molecule has 1 aliphatic heterocycles. The van der Waals surface area contributed by atoms with E-state index in [4.69, 9.17) is 0 Å². The Hall–Kier alpha value is -0.610. The summed E-state index contributed by atoms with van der Waals surface area (Å²) in [6, 6.07) is 0.493. The monoisotopic (exact) mass is 256 g/mol. The van der Waals surface area contributed by atoms with E-state index in [0.717, 1.165) is 38.9 Å². The fourth-order valence-electron chi connectivity index (χ4n) is 2.26. The molecule has 1 fully saturated rings. The summed E-state index contributed by atoms with van der Waals surface area (Å²) >= 11 is 0. The van der Waals surface area contributed by atoms with Crippen molar-refractivity contribution in [1.82, 2.24) is 10.2 Å². The average Bonchev–Trinajstić information content (AvgIpc) is 2.27. The van der Waals surface area contributed by atoms with Crippen LogP contribution in [0, 0.1) is 5.41 Å². The van der Waals surface area contributed by atoms with E-state index in [1.807, 2.05) is 32.6 Å². The van der Waals surface area contributed by atoms with Gasteiger partial charge in [-0.25, -0.2) is 0 Å². The Morgan fingerprint density at radius 3 is 2.39 bits per heavy atom. The average molecular weight is 256 g/mol. The zero-order valence-corrected chi connectivity index (χ0v) is 12.2. The molecule has 0 aliphatic carbocycles. The van der Waals surface area contributed by atoms with Crippen molar-refractivity contribution in [2.75, 3.05) is 19.6 Å². The molecule has 0 aromatic carbocycles. The number of likely N-dealkylation sites (tertiary alicyclic amines) is 1. The van der Waals surface area contributed by atoms with Crippen LogP contribution in [0.4, 0.5) is 0 Å². The van der Waals surface area contributed by atoms with Crippen molar-refractivity contribution in [2.24, 2.45) is 5.41 Å². The van der Waals surface area contributed by atoms with Crippen LogP contribution in [0.5, 0.6) is 0 Å². The minimum absolute atomic E-state index is 0.236. The Bertz CT molecular complexity index is 263. The predicted molar refractivity (Wildman–Crippen MR) is 73.4 cm³/mol. The predicted octanol–water partition coefficient (Wildman–Crippen LogP) is 1.38. The topological polar surface area (TPSA) is 52.6 Å². The maximum absolute atomic E-state index is 12.1. The summed E-state index contributed by atoms with van der Waals surface area (Å²) in [5.41, 5.74) is -0.271. The minimum Gasteiger partial charge on any atom is -0.393 e. The number of carbonyl (C=O) groups excluding carboxylic acids is 1. The van der Waals surface area contributed by atoms with Gasteiger partial charge in [-0.2, -0.15) is 0 Å². The van der Waals surface area contributed by atoms with E-state index >= 15 is 0 Å². The molecule has 1 amide bonds. The van der Waals surface area contributed by atoms with Crippen LogP contribution < -0.4 is 5.32 Å². The Labute approximate surface area is 111 Å². The van der Waals surface area contributed by atoms with Crippen LogP contribution in [0.25, 0.3) is 0 Å². The molecule has 0 saturated carbocycles. The van der Waals surface area contributed by atoms with Crippen molar-refractivity contribution in [1.29, 1.82) is 0 Å². The van der Waals surface area contributed by atoms with Gasteiger partial charge in [-0.05, 0) is 32.7 Å². The highest BCUT2D eigenvalue weighted by atomic mass is 16.3. The number of nitrogens with zero attached hydrogens (tertiary/aromatic N) is 1. The van der Waals surface area contributed by atoms with Gasteiger partial charge in [0.15, 0.2) is 0 Å². The number of rotatable bonds is 4. The molecule has 18 heavy (non-hydrogen) atoms. The summed E-state index contributed by atoms with van der Waals surface area (Å²) in [7, 11) is 0. The number of aliphatic hydroxyl groups excluding tert-OH is 1. The van der Waals surface area contributed by atoms with Crippen LogP contribution in [0.3, 0.4) is 0 Å². The lowest BCUT2D eigenvalue weighted by atomic mass is 9.93. The second-order valence-electron chi connectivity index (χ2n) is 6.41. The lowest BCUT2D eigenvalue weighted by Gasteiger charge is -2.36. The number of nitrogens with one attached hydrogen (secondary N) is 1. The highest BCUT2D eigenvalue weighted by Crippen LogP contribution is 2.20. The molecule has 0 radical (unpaired) electrons. The third-order valence-electron chi connectivity index (χ3n) is 3.42. The van der Waals surface area contributed by atoms with Gasteiger partial charge in [-0.15, -0.1) is 0 Å². The number of amides is 1. The maximum atomic E-state index is 12.1. The van der Waals surface area contributed by atoms with Crippen LogP contribution in [0.2, 0.25) is 0 Å². The summed E-state index contributed by atoms with van der Waals surface area (Å²) in [4.78, 5) is 14.1. The first kappa shape index (κ1) is 15.4. The van der Waals surface area contributed by atoms with Gasteiger partial charge in [0.1, 0.15) is 0 Å². The van der Waals surface area contributed by atoms with Gasteiger partial charge in [-0.1, -0.05) is 20.8 Å². The smallest absolute Gasteiger partial charge is 0.227 e. The molecule has 106 valence electrons. The van der Waals surface area contributed by atoms with Crippen LogP contribution in [-0.4, -0.2) is 47.7 Å². The number of hydrogen-bond donors (Lipinski definition) is 2. The first-order valence-corrected chi connectivity index (χ1v) is 7.01. The van der Waals surface area contributed by atoms with Crippen molar-refractivity contribution in [3.05, 3.63) is 0 Å². The molecule has 0 bridgehead atoms. The normalized spacial score (nSPS) is 19.9. The Balaban J connectivity index is 2.27. The van der Waals surface area contributed by atoms with E-state index in [-0.39, 0.29) is 17.4 Å². The van der Waals surface area contributed by atoms with Gasteiger partial charge in [0.2, 0.25) is 5.91 Å². The fraction of sp³-hybridized carbons (Fsp3) is 0.929. The highest BCUT2D eigenvalue weighted by Gasteiger charge is 2.29. The molecule has 0 aromatic rings. The zero-order valence-electron chi connectivity index (χ0n) is 12.2. The van der Waals surface area contributed by atoms with E-state index < -0.39 is 0 Å².